The number of likely N-dealkylation sites (tertiary alicyclic amines) is 1. The van der Waals surface area contributed by atoms with E-state index in [-0.39, 0.29) is 17.6 Å². The zero-order valence-electron chi connectivity index (χ0n) is 16.6. The molecule has 1 aliphatic rings. The molecule has 1 fully saturated rings. The normalized spacial score (nSPS) is 17.6. The van der Waals surface area contributed by atoms with Gasteiger partial charge in [0.2, 0.25) is 0 Å². The second-order valence-corrected chi connectivity index (χ2v) is 7.86. The fraction of sp³-hybridized carbons (Fsp3) is 0.280. The van der Waals surface area contributed by atoms with Crippen molar-refractivity contribution in [1.29, 1.82) is 0 Å². The molecule has 0 unspecified atom stereocenters. The lowest BCUT2D eigenvalue weighted by molar-refractivity contribution is -0.00674. The molecule has 0 aliphatic carbocycles. The minimum Gasteiger partial charge on any atom is -0.507 e. The van der Waals surface area contributed by atoms with Crippen molar-refractivity contribution in [2.24, 2.45) is 0 Å². The van der Waals surface area contributed by atoms with Crippen LogP contribution < -0.4 is 0 Å². The van der Waals surface area contributed by atoms with Crippen LogP contribution in [0.4, 0.5) is 4.39 Å². The van der Waals surface area contributed by atoms with E-state index in [9.17, 15) is 14.6 Å². The largest absolute Gasteiger partial charge is 0.507 e. The van der Waals surface area contributed by atoms with E-state index in [2.05, 4.69) is 4.90 Å². The predicted molar refractivity (Wildman–Crippen MR) is 112 cm³/mol. The molecule has 0 bridgehead atoms. The maximum Gasteiger partial charge on any atom is 0.130 e. The van der Waals surface area contributed by atoms with Gasteiger partial charge in [0.1, 0.15) is 17.2 Å². The fourth-order valence-corrected chi connectivity index (χ4v) is 4.57. The number of phenolic OH excluding ortho intramolecular Hbond substituents is 1. The summed E-state index contributed by atoms with van der Waals surface area (Å²) >= 11 is 0. The second kappa shape index (κ2) is 7.97. The van der Waals surface area contributed by atoms with Gasteiger partial charge < -0.3 is 10.2 Å². The quantitative estimate of drug-likeness (QED) is 0.660. The van der Waals surface area contributed by atoms with Crippen LogP contribution >= 0.6 is 0 Å². The number of hydrogen-bond acceptors (Lipinski definition) is 3. The van der Waals surface area contributed by atoms with E-state index in [1.807, 2.05) is 60.7 Å². The molecule has 0 amide bonds. The van der Waals surface area contributed by atoms with Crippen LogP contribution in [-0.2, 0) is 12.1 Å². The first-order valence-electron chi connectivity index (χ1n) is 10.1. The van der Waals surface area contributed by atoms with Gasteiger partial charge in [0.05, 0.1) is 0 Å². The van der Waals surface area contributed by atoms with E-state index in [4.69, 9.17) is 0 Å². The first-order valence-corrected chi connectivity index (χ1v) is 10.1. The minimum atomic E-state index is -1.20. The Kier molecular flexibility index (Phi) is 5.39. The second-order valence-electron chi connectivity index (χ2n) is 7.86. The van der Waals surface area contributed by atoms with Gasteiger partial charge in [-0.2, -0.15) is 0 Å². The summed E-state index contributed by atoms with van der Waals surface area (Å²) in [4.78, 5) is 2.16. The van der Waals surface area contributed by atoms with Gasteiger partial charge in [0, 0.05) is 18.2 Å². The topological polar surface area (TPSA) is 43.7 Å². The molecule has 4 rings (SSSR count). The summed E-state index contributed by atoms with van der Waals surface area (Å²) < 4.78 is 14.0. The van der Waals surface area contributed by atoms with Crippen molar-refractivity contribution in [3.05, 3.63) is 101 Å². The molecule has 0 aromatic heterocycles. The van der Waals surface area contributed by atoms with Gasteiger partial charge in [0.15, 0.2) is 0 Å². The van der Waals surface area contributed by atoms with Gasteiger partial charge in [-0.05, 0) is 55.1 Å². The maximum atomic E-state index is 14.0. The van der Waals surface area contributed by atoms with E-state index in [1.54, 1.807) is 6.92 Å². The standard InChI is InChI=1S/C25H26FNO2/c1-18-15-22(26)16-19(24(18)28)17-27-14-8-13-23(27)25(29,20-9-4-2-5-10-20)21-11-6-3-7-12-21/h2-7,9-12,15-16,23,28-29H,8,13-14,17H2,1H3/t23-/m0/s1. The summed E-state index contributed by atoms with van der Waals surface area (Å²) in [5.41, 5.74) is 1.55. The van der Waals surface area contributed by atoms with Gasteiger partial charge in [-0.3, -0.25) is 4.90 Å². The maximum absolute atomic E-state index is 14.0. The van der Waals surface area contributed by atoms with Crippen LogP contribution in [0, 0.1) is 12.7 Å². The van der Waals surface area contributed by atoms with Crippen LogP contribution in [0.15, 0.2) is 72.8 Å². The number of benzene rings is 3. The first kappa shape index (κ1) is 19.6. The van der Waals surface area contributed by atoms with Crippen molar-refractivity contribution in [2.75, 3.05) is 6.54 Å². The third-order valence-corrected chi connectivity index (χ3v) is 5.99. The highest BCUT2D eigenvalue weighted by molar-refractivity contribution is 5.41. The van der Waals surface area contributed by atoms with Gasteiger partial charge in [0.25, 0.3) is 0 Å². The molecule has 0 radical (unpaired) electrons. The Balaban J connectivity index is 1.75. The van der Waals surface area contributed by atoms with Crippen LogP contribution in [0.25, 0.3) is 0 Å². The highest BCUT2D eigenvalue weighted by atomic mass is 19.1. The van der Waals surface area contributed by atoms with Gasteiger partial charge in [-0.1, -0.05) is 60.7 Å². The Morgan fingerprint density at radius 3 is 2.17 bits per heavy atom. The molecule has 0 saturated carbocycles. The van der Waals surface area contributed by atoms with Crippen molar-refractivity contribution >= 4 is 0 Å². The lowest BCUT2D eigenvalue weighted by Crippen LogP contribution is -2.48. The van der Waals surface area contributed by atoms with Crippen LogP contribution in [0.5, 0.6) is 5.75 Å². The molecule has 3 aromatic carbocycles. The zero-order chi connectivity index (χ0) is 20.4. The molecule has 150 valence electrons. The Bertz CT molecular complexity index is 935. The number of hydrogen-bond donors (Lipinski definition) is 2. The molecular formula is C25H26FNO2. The van der Waals surface area contributed by atoms with Crippen molar-refractivity contribution < 1.29 is 14.6 Å². The molecule has 1 atom stereocenters. The van der Waals surface area contributed by atoms with Crippen molar-refractivity contribution in [3.8, 4) is 5.75 Å². The summed E-state index contributed by atoms with van der Waals surface area (Å²) in [6, 6.07) is 22.0. The Morgan fingerprint density at radius 1 is 1.00 bits per heavy atom. The average Bonchev–Trinajstić information content (AvgIpc) is 3.21. The van der Waals surface area contributed by atoms with Crippen LogP contribution in [-0.4, -0.2) is 27.7 Å². The van der Waals surface area contributed by atoms with Gasteiger partial charge in [-0.25, -0.2) is 4.39 Å². The number of aromatic hydroxyl groups is 1. The number of aryl methyl sites for hydroxylation is 1. The number of nitrogens with zero attached hydrogens (tertiary/aromatic N) is 1. The Hall–Kier alpha value is -2.69. The monoisotopic (exact) mass is 391 g/mol. The summed E-state index contributed by atoms with van der Waals surface area (Å²) in [6.07, 6.45) is 1.75. The zero-order valence-corrected chi connectivity index (χ0v) is 16.6. The van der Waals surface area contributed by atoms with Gasteiger partial charge in [-0.15, -0.1) is 0 Å². The lowest BCUT2D eigenvalue weighted by atomic mass is 9.79. The van der Waals surface area contributed by atoms with Crippen LogP contribution in [0.3, 0.4) is 0 Å². The van der Waals surface area contributed by atoms with Crippen molar-refractivity contribution in [3.63, 3.8) is 0 Å². The molecule has 4 heteroatoms. The summed E-state index contributed by atoms with van der Waals surface area (Å²) in [5, 5.41) is 22.6. The van der Waals surface area contributed by atoms with Crippen LogP contribution in [0.2, 0.25) is 0 Å². The number of phenols is 1. The first-order chi connectivity index (χ1) is 14.0. The highest BCUT2D eigenvalue weighted by Crippen LogP contribution is 2.41. The highest BCUT2D eigenvalue weighted by Gasteiger charge is 2.45. The lowest BCUT2D eigenvalue weighted by Gasteiger charge is -2.40. The van der Waals surface area contributed by atoms with E-state index in [0.717, 1.165) is 30.5 Å². The Morgan fingerprint density at radius 2 is 1.59 bits per heavy atom. The third-order valence-electron chi connectivity index (χ3n) is 5.99. The molecule has 1 saturated heterocycles. The predicted octanol–water partition coefficient (Wildman–Crippen LogP) is 4.74. The van der Waals surface area contributed by atoms with Crippen molar-refractivity contribution in [2.45, 2.75) is 38.0 Å². The summed E-state index contributed by atoms with van der Waals surface area (Å²) in [5.74, 6) is -0.229. The molecule has 1 heterocycles. The molecular weight excluding hydrogens is 365 g/mol. The van der Waals surface area contributed by atoms with Crippen molar-refractivity contribution in [1.82, 2.24) is 4.90 Å². The molecule has 1 aliphatic heterocycles. The smallest absolute Gasteiger partial charge is 0.130 e. The number of halogens is 1. The van der Waals surface area contributed by atoms with E-state index >= 15 is 0 Å². The molecule has 3 nitrogen and oxygen atoms in total. The number of aliphatic hydroxyl groups is 1. The Labute approximate surface area is 171 Å². The summed E-state index contributed by atoms with van der Waals surface area (Å²) in [6.45, 7) is 2.87. The van der Waals surface area contributed by atoms with E-state index < -0.39 is 5.60 Å². The van der Waals surface area contributed by atoms with Crippen LogP contribution in [0.1, 0.15) is 35.1 Å². The molecule has 29 heavy (non-hydrogen) atoms. The fourth-order valence-electron chi connectivity index (χ4n) is 4.57. The van der Waals surface area contributed by atoms with E-state index in [0.29, 0.717) is 17.7 Å². The minimum absolute atomic E-state index is 0.125. The average molecular weight is 391 g/mol. The summed E-state index contributed by atoms with van der Waals surface area (Å²) in [7, 11) is 0. The number of rotatable bonds is 5. The third kappa shape index (κ3) is 3.66. The van der Waals surface area contributed by atoms with E-state index in [1.165, 1.54) is 12.1 Å². The molecule has 2 N–H and O–H groups in total. The van der Waals surface area contributed by atoms with Gasteiger partial charge >= 0.3 is 0 Å². The molecule has 3 aromatic rings. The molecule has 0 spiro atoms. The SMILES string of the molecule is Cc1cc(F)cc(CN2CCC[C@H]2C(O)(c2ccccc2)c2ccccc2)c1O.